The molecule has 0 unspecified atom stereocenters. The Morgan fingerprint density at radius 2 is 2.00 bits per heavy atom. The third-order valence-corrected chi connectivity index (χ3v) is 3.35. The van der Waals surface area contributed by atoms with Crippen molar-refractivity contribution in [1.29, 1.82) is 0 Å². The monoisotopic (exact) mass is 431 g/mol. The molecule has 9 heteroatoms. The Hall–Kier alpha value is -0.730. The Kier molecular flexibility index (Phi) is 14.6. The molecule has 1 amide bonds. The molecule has 1 aromatic carbocycles. The van der Waals surface area contributed by atoms with Crippen molar-refractivity contribution in [3.8, 4) is 11.5 Å². The highest BCUT2D eigenvalue weighted by Crippen LogP contribution is 2.36. The Balaban J connectivity index is 0. The molecule has 134 valence electrons. The van der Waals surface area contributed by atoms with Gasteiger partial charge in [-0.15, -0.1) is 24.8 Å². The second kappa shape index (κ2) is 13.7. The maximum absolute atomic E-state index is 10.8. The summed E-state index contributed by atoms with van der Waals surface area (Å²) in [4.78, 5) is 10.8. The topological polar surface area (TPSA) is 85.6 Å². The summed E-state index contributed by atoms with van der Waals surface area (Å²) < 4.78 is 11.4. The van der Waals surface area contributed by atoms with Crippen LogP contribution in [-0.4, -0.2) is 39.8 Å². The number of nitrogens with two attached hydrogens (primary N) is 1. The molecule has 0 aliphatic rings. The van der Waals surface area contributed by atoms with Crippen LogP contribution >= 0.6 is 40.7 Å². The van der Waals surface area contributed by atoms with Crippen LogP contribution in [0.5, 0.6) is 11.5 Å². The molecule has 0 saturated heterocycles. The van der Waals surface area contributed by atoms with Crippen LogP contribution in [0.15, 0.2) is 16.6 Å². The lowest BCUT2D eigenvalue weighted by Crippen LogP contribution is -2.21. The first-order chi connectivity index (χ1) is 10.1. The van der Waals surface area contributed by atoms with Crippen molar-refractivity contribution in [1.82, 2.24) is 10.6 Å². The number of rotatable bonds is 10. The molecule has 0 saturated carbocycles. The fourth-order valence-corrected chi connectivity index (χ4v) is 2.39. The van der Waals surface area contributed by atoms with E-state index >= 15 is 0 Å². The first-order valence-corrected chi connectivity index (χ1v) is 7.50. The highest BCUT2D eigenvalue weighted by Gasteiger charge is 2.12. The van der Waals surface area contributed by atoms with Crippen molar-refractivity contribution in [3.05, 3.63) is 22.2 Å². The van der Waals surface area contributed by atoms with Gasteiger partial charge in [0.1, 0.15) is 0 Å². The Bertz CT molecular complexity index is 479. The number of hydrogen-bond acceptors (Lipinski definition) is 5. The molecule has 1 rings (SSSR count). The second-order valence-corrected chi connectivity index (χ2v) is 5.35. The Morgan fingerprint density at radius 1 is 1.30 bits per heavy atom. The molecule has 0 fully saturated rings. The standard InChI is InChI=1S/C14H22BrN3O3.2ClH/c1-17-4-3-5-18-8-10-6-11(15)14(12(7-10)20-2)21-9-13(16)19;;/h6-7,17-18H,3-5,8-9H2,1-2H3,(H2,16,19);2*1H. The Morgan fingerprint density at radius 3 is 2.57 bits per heavy atom. The van der Waals surface area contributed by atoms with Gasteiger partial charge in [-0.25, -0.2) is 0 Å². The van der Waals surface area contributed by atoms with Gasteiger partial charge in [0.2, 0.25) is 0 Å². The molecule has 0 aliphatic heterocycles. The predicted molar refractivity (Wildman–Crippen MR) is 100 cm³/mol. The van der Waals surface area contributed by atoms with Gasteiger partial charge in [0, 0.05) is 6.54 Å². The highest BCUT2D eigenvalue weighted by atomic mass is 79.9. The number of benzene rings is 1. The summed E-state index contributed by atoms with van der Waals surface area (Å²) in [5, 5.41) is 6.46. The van der Waals surface area contributed by atoms with E-state index in [2.05, 4.69) is 26.6 Å². The lowest BCUT2D eigenvalue weighted by atomic mass is 10.2. The van der Waals surface area contributed by atoms with Crippen LogP contribution in [0, 0.1) is 0 Å². The van der Waals surface area contributed by atoms with Crippen LogP contribution in [0.3, 0.4) is 0 Å². The molecule has 0 aromatic heterocycles. The van der Waals surface area contributed by atoms with Crippen LogP contribution in [0.1, 0.15) is 12.0 Å². The predicted octanol–water partition coefficient (Wildman–Crippen LogP) is 1.86. The minimum atomic E-state index is -0.528. The molecule has 6 nitrogen and oxygen atoms in total. The first-order valence-electron chi connectivity index (χ1n) is 6.71. The van der Waals surface area contributed by atoms with E-state index in [-0.39, 0.29) is 31.4 Å². The molecule has 0 bridgehead atoms. The average molecular weight is 433 g/mol. The largest absolute Gasteiger partial charge is 0.493 e. The first kappa shape index (κ1) is 24.5. The van der Waals surface area contributed by atoms with Crippen LogP contribution < -0.4 is 25.8 Å². The maximum Gasteiger partial charge on any atom is 0.255 e. The number of halogens is 3. The van der Waals surface area contributed by atoms with E-state index in [1.54, 1.807) is 7.11 Å². The fraction of sp³-hybridized carbons (Fsp3) is 0.500. The zero-order valence-electron chi connectivity index (χ0n) is 13.2. The summed E-state index contributed by atoms with van der Waals surface area (Å²) >= 11 is 3.43. The zero-order valence-corrected chi connectivity index (χ0v) is 16.4. The molecule has 0 spiro atoms. The van der Waals surface area contributed by atoms with Gasteiger partial charge in [-0.2, -0.15) is 0 Å². The van der Waals surface area contributed by atoms with Crippen molar-refractivity contribution in [3.63, 3.8) is 0 Å². The van der Waals surface area contributed by atoms with Crippen molar-refractivity contribution >= 4 is 46.7 Å². The molecule has 1 aromatic rings. The van der Waals surface area contributed by atoms with Gasteiger partial charge < -0.3 is 25.8 Å². The van der Waals surface area contributed by atoms with Gasteiger partial charge in [-0.05, 0) is 60.2 Å². The van der Waals surface area contributed by atoms with Gasteiger partial charge in [0.25, 0.3) is 5.91 Å². The van der Waals surface area contributed by atoms with Crippen LogP contribution in [0.4, 0.5) is 0 Å². The summed E-state index contributed by atoms with van der Waals surface area (Å²) in [6.07, 6.45) is 1.06. The Labute approximate surface area is 157 Å². The van der Waals surface area contributed by atoms with Crippen LogP contribution in [-0.2, 0) is 11.3 Å². The highest BCUT2D eigenvalue weighted by molar-refractivity contribution is 9.10. The molecule has 0 heterocycles. The van der Waals surface area contributed by atoms with E-state index in [4.69, 9.17) is 15.2 Å². The number of primary amides is 1. The van der Waals surface area contributed by atoms with E-state index in [1.807, 2.05) is 19.2 Å². The minimum absolute atomic E-state index is 0. The zero-order chi connectivity index (χ0) is 15.7. The van der Waals surface area contributed by atoms with Crippen molar-refractivity contribution < 1.29 is 14.3 Å². The molecule has 4 N–H and O–H groups in total. The van der Waals surface area contributed by atoms with Crippen molar-refractivity contribution in [2.75, 3.05) is 33.9 Å². The summed E-state index contributed by atoms with van der Waals surface area (Å²) in [5.74, 6) is 0.520. The summed E-state index contributed by atoms with van der Waals surface area (Å²) in [5.41, 5.74) is 6.15. The number of amides is 1. The van der Waals surface area contributed by atoms with Gasteiger partial charge in [0.05, 0.1) is 11.6 Å². The molecule has 23 heavy (non-hydrogen) atoms. The minimum Gasteiger partial charge on any atom is -0.493 e. The van der Waals surface area contributed by atoms with Crippen LogP contribution in [0.2, 0.25) is 0 Å². The van der Waals surface area contributed by atoms with E-state index in [0.29, 0.717) is 11.5 Å². The summed E-state index contributed by atoms with van der Waals surface area (Å²) in [6, 6.07) is 3.82. The molecule has 0 radical (unpaired) electrons. The number of carbonyl (C=O) groups is 1. The number of carbonyl (C=O) groups excluding carboxylic acids is 1. The lowest BCUT2D eigenvalue weighted by molar-refractivity contribution is -0.119. The molecule has 0 atom stereocenters. The van der Waals surface area contributed by atoms with Gasteiger partial charge in [-0.3, -0.25) is 4.79 Å². The molecular formula is C14H24BrCl2N3O3. The number of hydrogen-bond donors (Lipinski definition) is 3. The summed E-state index contributed by atoms with van der Waals surface area (Å²) in [6.45, 7) is 2.46. The van der Waals surface area contributed by atoms with Crippen LogP contribution in [0.25, 0.3) is 0 Å². The quantitative estimate of drug-likeness (QED) is 0.491. The molecular weight excluding hydrogens is 409 g/mol. The van der Waals surface area contributed by atoms with E-state index in [1.165, 1.54) is 0 Å². The number of ether oxygens (including phenoxy) is 2. The number of methoxy groups -OCH3 is 1. The second-order valence-electron chi connectivity index (χ2n) is 4.50. The maximum atomic E-state index is 10.8. The third-order valence-electron chi connectivity index (χ3n) is 2.76. The third kappa shape index (κ3) is 9.22. The van der Waals surface area contributed by atoms with Crippen molar-refractivity contribution in [2.24, 2.45) is 5.73 Å². The number of nitrogens with one attached hydrogen (secondary N) is 2. The van der Waals surface area contributed by atoms with Crippen molar-refractivity contribution in [2.45, 2.75) is 13.0 Å². The smallest absolute Gasteiger partial charge is 0.255 e. The van der Waals surface area contributed by atoms with Gasteiger partial charge in [0.15, 0.2) is 18.1 Å². The van der Waals surface area contributed by atoms with Gasteiger partial charge >= 0.3 is 0 Å². The normalized spacial score (nSPS) is 9.52. The fourth-order valence-electron chi connectivity index (χ4n) is 1.78. The molecule has 0 aliphatic carbocycles. The average Bonchev–Trinajstić information content (AvgIpc) is 2.45. The lowest BCUT2D eigenvalue weighted by Gasteiger charge is -2.14. The van der Waals surface area contributed by atoms with E-state index < -0.39 is 5.91 Å². The van der Waals surface area contributed by atoms with E-state index in [9.17, 15) is 4.79 Å². The van der Waals surface area contributed by atoms with E-state index in [0.717, 1.165) is 36.1 Å². The SMILES string of the molecule is CNCCCNCc1cc(Br)c(OCC(N)=O)c(OC)c1.Cl.Cl. The summed E-state index contributed by atoms with van der Waals surface area (Å²) in [7, 11) is 3.50. The van der Waals surface area contributed by atoms with Gasteiger partial charge in [-0.1, -0.05) is 0 Å².